The van der Waals surface area contributed by atoms with E-state index in [1.54, 1.807) is 18.2 Å². The van der Waals surface area contributed by atoms with E-state index in [-0.39, 0.29) is 5.56 Å². The van der Waals surface area contributed by atoms with Gasteiger partial charge in [0.2, 0.25) is 0 Å². The first-order valence-corrected chi connectivity index (χ1v) is 5.46. The number of benzene rings is 2. The molecule has 0 aliphatic carbocycles. The summed E-state index contributed by atoms with van der Waals surface area (Å²) in [6.07, 6.45) is 0. The average Bonchev–Trinajstić information content (AvgIpc) is 2.32. The second kappa shape index (κ2) is 5.14. The van der Waals surface area contributed by atoms with Crippen LogP contribution in [0.25, 0.3) is 0 Å². The van der Waals surface area contributed by atoms with Crippen molar-refractivity contribution in [3.63, 3.8) is 0 Å². The van der Waals surface area contributed by atoms with Crippen molar-refractivity contribution >= 4 is 23.2 Å². The Labute approximate surface area is 107 Å². The number of amides is 1. The van der Waals surface area contributed by atoms with Gasteiger partial charge < -0.3 is 5.32 Å². The summed E-state index contributed by atoms with van der Waals surface area (Å²) in [5, 5.41) is 2.87. The minimum Gasteiger partial charge on any atom is -0.322 e. The maximum absolute atomic E-state index is 13.3. The van der Waals surface area contributed by atoms with Crippen molar-refractivity contribution in [3.8, 4) is 0 Å². The van der Waals surface area contributed by atoms with Crippen LogP contribution in [0.4, 0.5) is 14.5 Å². The van der Waals surface area contributed by atoms with Crippen LogP contribution >= 0.6 is 11.6 Å². The predicted molar refractivity (Wildman–Crippen MR) is 65.8 cm³/mol. The zero-order valence-electron chi connectivity index (χ0n) is 9.08. The third-order valence-electron chi connectivity index (χ3n) is 2.26. The van der Waals surface area contributed by atoms with E-state index < -0.39 is 17.5 Å². The van der Waals surface area contributed by atoms with Crippen molar-refractivity contribution in [3.05, 3.63) is 64.7 Å². The van der Waals surface area contributed by atoms with Crippen LogP contribution in [0.3, 0.4) is 0 Å². The second-order valence-corrected chi connectivity index (χ2v) is 4.03. The van der Waals surface area contributed by atoms with Crippen LogP contribution in [0.1, 0.15) is 10.4 Å². The topological polar surface area (TPSA) is 29.1 Å². The van der Waals surface area contributed by atoms with Crippen molar-refractivity contribution in [1.29, 1.82) is 0 Å². The molecule has 18 heavy (non-hydrogen) atoms. The Hall–Kier alpha value is -1.94. The Kier molecular flexibility index (Phi) is 3.58. The summed E-state index contributed by atoms with van der Waals surface area (Å²) in [5.41, 5.74) is 0.0612. The molecular formula is C13H8ClF2NO. The number of carbonyl (C=O) groups excluding carboxylic acids is 1. The van der Waals surface area contributed by atoms with Gasteiger partial charge in [0.15, 0.2) is 0 Å². The lowest BCUT2D eigenvalue weighted by Gasteiger charge is -2.06. The maximum atomic E-state index is 13.3. The van der Waals surface area contributed by atoms with Crippen molar-refractivity contribution in [2.45, 2.75) is 0 Å². The molecule has 0 fully saturated rings. The van der Waals surface area contributed by atoms with Gasteiger partial charge in [0.1, 0.15) is 11.6 Å². The summed E-state index contributed by atoms with van der Waals surface area (Å²) in [5.74, 6) is -2.18. The molecule has 0 radical (unpaired) electrons. The number of hydrogen-bond acceptors (Lipinski definition) is 1. The number of anilines is 1. The molecule has 1 N–H and O–H groups in total. The fourth-order valence-electron chi connectivity index (χ4n) is 1.44. The van der Waals surface area contributed by atoms with Crippen LogP contribution in [0, 0.1) is 11.6 Å². The summed E-state index contributed by atoms with van der Waals surface area (Å²) in [4.78, 5) is 11.7. The highest BCUT2D eigenvalue weighted by Crippen LogP contribution is 2.17. The molecule has 0 unspecified atom stereocenters. The van der Waals surface area contributed by atoms with Crippen LogP contribution < -0.4 is 5.32 Å². The number of rotatable bonds is 2. The summed E-state index contributed by atoms with van der Waals surface area (Å²) in [6.45, 7) is 0. The highest BCUT2D eigenvalue weighted by atomic mass is 35.5. The van der Waals surface area contributed by atoms with Crippen molar-refractivity contribution < 1.29 is 13.6 Å². The molecule has 0 atom stereocenters. The fraction of sp³-hybridized carbons (Fsp3) is 0. The lowest BCUT2D eigenvalue weighted by atomic mass is 10.2. The van der Waals surface area contributed by atoms with Crippen LogP contribution in [-0.4, -0.2) is 5.91 Å². The van der Waals surface area contributed by atoms with Gasteiger partial charge in [0, 0.05) is 10.7 Å². The highest BCUT2D eigenvalue weighted by molar-refractivity contribution is 6.30. The standard InChI is InChI=1S/C13H8ClF2NO/c14-8-2-1-3-10(6-8)17-13(18)11-7-9(15)4-5-12(11)16/h1-7H,(H,17,18). The molecule has 5 heteroatoms. The van der Waals surface area contributed by atoms with E-state index in [0.29, 0.717) is 10.7 Å². The SMILES string of the molecule is O=C(Nc1cccc(Cl)c1)c1cc(F)ccc1F. The normalized spacial score (nSPS) is 10.2. The summed E-state index contributed by atoms with van der Waals surface area (Å²) < 4.78 is 26.3. The smallest absolute Gasteiger partial charge is 0.258 e. The lowest BCUT2D eigenvalue weighted by Crippen LogP contribution is -2.14. The lowest BCUT2D eigenvalue weighted by molar-refractivity contribution is 0.102. The number of halogens is 3. The molecule has 0 saturated carbocycles. The molecule has 2 aromatic carbocycles. The molecule has 2 aromatic rings. The van der Waals surface area contributed by atoms with Gasteiger partial charge >= 0.3 is 0 Å². The monoisotopic (exact) mass is 267 g/mol. The highest BCUT2D eigenvalue weighted by Gasteiger charge is 2.12. The third-order valence-corrected chi connectivity index (χ3v) is 2.49. The van der Waals surface area contributed by atoms with Gasteiger partial charge in [0.25, 0.3) is 5.91 Å². The minimum atomic E-state index is -0.782. The fourth-order valence-corrected chi connectivity index (χ4v) is 1.63. The Bertz CT molecular complexity index is 601. The number of carbonyl (C=O) groups is 1. The predicted octanol–water partition coefficient (Wildman–Crippen LogP) is 3.87. The minimum absolute atomic E-state index is 0.352. The van der Waals surface area contributed by atoms with E-state index in [0.717, 1.165) is 18.2 Å². The van der Waals surface area contributed by atoms with E-state index in [9.17, 15) is 13.6 Å². The summed E-state index contributed by atoms with van der Waals surface area (Å²) in [7, 11) is 0. The van der Waals surface area contributed by atoms with E-state index in [1.165, 1.54) is 6.07 Å². The average molecular weight is 268 g/mol. The van der Waals surface area contributed by atoms with E-state index in [2.05, 4.69) is 5.32 Å². The first kappa shape index (κ1) is 12.5. The first-order chi connectivity index (χ1) is 8.56. The van der Waals surface area contributed by atoms with Crippen LogP contribution in [-0.2, 0) is 0 Å². The van der Waals surface area contributed by atoms with E-state index in [4.69, 9.17) is 11.6 Å². The molecule has 0 aromatic heterocycles. The number of nitrogens with one attached hydrogen (secondary N) is 1. The molecule has 2 nitrogen and oxygen atoms in total. The molecule has 0 heterocycles. The Morgan fingerprint density at radius 3 is 2.61 bits per heavy atom. The van der Waals surface area contributed by atoms with Gasteiger partial charge in [0.05, 0.1) is 5.56 Å². The molecule has 0 bridgehead atoms. The van der Waals surface area contributed by atoms with E-state index in [1.807, 2.05) is 0 Å². The zero-order chi connectivity index (χ0) is 13.1. The summed E-state index contributed by atoms with van der Waals surface area (Å²) >= 11 is 5.75. The van der Waals surface area contributed by atoms with Crippen molar-refractivity contribution in [1.82, 2.24) is 0 Å². The Morgan fingerprint density at radius 1 is 1.11 bits per heavy atom. The zero-order valence-corrected chi connectivity index (χ0v) is 9.84. The van der Waals surface area contributed by atoms with Gasteiger partial charge in [-0.25, -0.2) is 8.78 Å². The molecule has 0 spiro atoms. The van der Waals surface area contributed by atoms with Crippen LogP contribution in [0.5, 0.6) is 0 Å². The summed E-state index contributed by atoms with van der Waals surface area (Å²) in [6, 6.07) is 9.08. The molecule has 1 amide bonds. The van der Waals surface area contributed by atoms with Gasteiger partial charge in [-0.3, -0.25) is 4.79 Å². The first-order valence-electron chi connectivity index (χ1n) is 5.08. The maximum Gasteiger partial charge on any atom is 0.258 e. The van der Waals surface area contributed by atoms with Crippen LogP contribution in [0.2, 0.25) is 5.02 Å². The van der Waals surface area contributed by atoms with Gasteiger partial charge in [-0.15, -0.1) is 0 Å². The van der Waals surface area contributed by atoms with Gasteiger partial charge in [-0.05, 0) is 36.4 Å². The molecule has 92 valence electrons. The molecule has 0 aliphatic heterocycles. The Balaban J connectivity index is 2.24. The largest absolute Gasteiger partial charge is 0.322 e. The molecular weight excluding hydrogens is 260 g/mol. The van der Waals surface area contributed by atoms with Gasteiger partial charge in [-0.1, -0.05) is 17.7 Å². The molecule has 0 saturated heterocycles. The third kappa shape index (κ3) is 2.84. The van der Waals surface area contributed by atoms with Crippen molar-refractivity contribution in [2.24, 2.45) is 0 Å². The number of hydrogen-bond donors (Lipinski definition) is 1. The quantitative estimate of drug-likeness (QED) is 0.879. The Morgan fingerprint density at radius 2 is 1.89 bits per heavy atom. The van der Waals surface area contributed by atoms with Crippen molar-refractivity contribution in [2.75, 3.05) is 5.32 Å². The molecule has 2 rings (SSSR count). The van der Waals surface area contributed by atoms with Gasteiger partial charge in [-0.2, -0.15) is 0 Å². The van der Waals surface area contributed by atoms with Crippen LogP contribution in [0.15, 0.2) is 42.5 Å². The molecule has 0 aliphatic rings. The van der Waals surface area contributed by atoms with E-state index >= 15 is 0 Å². The second-order valence-electron chi connectivity index (χ2n) is 3.59.